The third kappa shape index (κ3) is 3.93. The minimum absolute atomic E-state index is 0.156. The second kappa shape index (κ2) is 7.33. The van der Waals surface area contributed by atoms with Crippen LogP contribution in [0.1, 0.15) is 11.3 Å². The number of rotatable bonds is 5. The normalized spacial score (nSPS) is 10.8. The van der Waals surface area contributed by atoms with Crippen molar-refractivity contribution < 1.29 is 14.3 Å². The highest BCUT2D eigenvalue weighted by Gasteiger charge is 2.15. The van der Waals surface area contributed by atoms with E-state index < -0.39 is 0 Å². The maximum absolute atomic E-state index is 12.7. The Morgan fingerprint density at radius 2 is 1.75 bits per heavy atom. The fourth-order valence-corrected chi connectivity index (χ4v) is 2.31. The van der Waals surface area contributed by atoms with Gasteiger partial charge in [-0.25, -0.2) is 0 Å². The first-order chi connectivity index (χ1) is 11.7. The molecule has 0 aliphatic heterocycles. The lowest BCUT2D eigenvalue weighted by atomic mass is 10.2. The molecule has 1 N–H and O–H groups in total. The van der Waals surface area contributed by atoms with E-state index in [9.17, 15) is 9.90 Å². The van der Waals surface area contributed by atoms with Crippen molar-refractivity contribution in [2.24, 2.45) is 0 Å². The lowest BCUT2D eigenvalue weighted by Crippen LogP contribution is -2.28. The predicted octanol–water partition coefficient (Wildman–Crippen LogP) is 4.23. The monoisotopic (exact) mass is 319 g/mol. The van der Waals surface area contributed by atoms with Crippen molar-refractivity contribution in [3.63, 3.8) is 0 Å². The number of hydrogen-bond donors (Lipinski definition) is 1. The van der Waals surface area contributed by atoms with E-state index in [0.29, 0.717) is 18.0 Å². The van der Waals surface area contributed by atoms with Gasteiger partial charge in [-0.05, 0) is 48.0 Å². The molecule has 0 saturated carbocycles. The number of nitrogens with zero attached hydrogens (tertiary/aromatic N) is 1. The molecule has 3 rings (SSSR count). The molecule has 0 saturated heterocycles. The molecule has 0 fully saturated rings. The first-order valence-electron chi connectivity index (χ1n) is 7.58. The molecule has 1 aromatic heterocycles. The molecule has 0 unspecified atom stereocenters. The third-order valence-corrected chi connectivity index (χ3v) is 3.54. The number of carbonyl (C=O) groups excluding carboxylic acids is 1. The van der Waals surface area contributed by atoms with E-state index in [-0.39, 0.29) is 11.7 Å². The summed E-state index contributed by atoms with van der Waals surface area (Å²) in [5.41, 5.74) is 1.64. The summed E-state index contributed by atoms with van der Waals surface area (Å²) in [5, 5.41) is 9.45. The summed E-state index contributed by atoms with van der Waals surface area (Å²) in [4.78, 5) is 14.3. The van der Waals surface area contributed by atoms with Gasteiger partial charge in [0.2, 0.25) is 0 Å². The van der Waals surface area contributed by atoms with Gasteiger partial charge in [0.15, 0.2) is 0 Å². The topological polar surface area (TPSA) is 53.7 Å². The molecule has 1 amide bonds. The van der Waals surface area contributed by atoms with E-state index in [0.717, 1.165) is 5.56 Å². The minimum atomic E-state index is -0.166. The van der Waals surface area contributed by atoms with Crippen molar-refractivity contribution in [1.29, 1.82) is 0 Å². The predicted molar refractivity (Wildman–Crippen MR) is 93.5 cm³/mol. The van der Waals surface area contributed by atoms with E-state index in [1.165, 1.54) is 6.08 Å². The van der Waals surface area contributed by atoms with Crippen molar-refractivity contribution in [2.45, 2.75) is 6.54 Å². The van der Waals surface area contributed by atoms with Crippen molar-refractivity contribution in [3.05, 3.63) is 90.4 Å². The Balaban J connectivity index is 1.84. The molecule has 2 aromatic carbocycles. The van der Waals surface area contributed by atoms with Crippen LogP contribution < -0.4 is 4.90 Å². The van der Waals surface area contributed by atoms with Gasteiger partial charge in [-0.2, -0.15) is 0 Å². The van der Waals surface area contributed by atoms with Gasteiger partial charge in [-0.15, -0.1) is 0 Å². The summed E-state index contributed by atoms with van der Waals surface area (Å²) >= 11 is 0. The summed E-state index contributed by atoms with van der Waals surface area (Å²) < 4.78 is 5.35. The molecule has 24 heavy (non-hydrogen) atoms. The van der Waals surface area contributed by atoms with Crippen LogP contribution in [0.2, 0.25) is 0 Å². The van der Waals surface area contributed by atoms with Crippen LogP contribution in [0.25, 0.3) is 6.08 Å². The number of carbonyl (C=O) groups is 1. The standard InChI is InChI=1S/C20H17NO3/c22-18-11-9-17(10-12-18)21(15-19-7-4-14-24-19)20(23)13-8-16-5-2-1-3-6-16/h1-14,22H,15H2/b13-8+. The zero-order valence-corrected chi connectivity index (χ0v) is 13.0. The second-order valence-corrected chi connectivity index (χ2v) is 5.26. The molecule has 0 aliphatic carbocycles. The maximum atomic E-state index is 12.7. The zero-order chi connectivity index (χ0) is 16.8. The summed E-state index contributed by atoms with van der Waals surface area (Å²) in [6.45, 7) is 0.315. The summed E-state index contributed by atoms with van der Waals surface area (Å²) in [6.07, 6.45) is 4.89. The second-order valence-electron chi connectivity index (χ2n) is 5.26. The molecule has 0 spiro atoms. The van der Waals surface area contributed by atoms with Crippen molar-refractivity contribution in [1.82, 2.24) is 0 Å². The minimum Gasteiger partial charge on any atom is -0.508 e. The third-order valence-electron chi connectivity index (χ3n) is 3.54. The Hall–Kier alpha value is -3.27. The van der Waals surface area contributed by atoms with Crippen molar-refractivity contribution in [3.8, 4) is 5.75 Å². The lowest BCUT2D eigenvalue weighted by Gasteiger charge is -2.20. The van der Waals surface area contributed by atoms with Crippen LogP contribution in [0.15, 0.2) is 83.5 Å². The number of benzene rings is 2. The number of amides is 1. The number of phenols is 1. The molecule has 120 valence electrons. The van der Waals surface area contributed by atoms with Gasteiger partial charge in [-0.1, -0.05) is 30.3 Å². The van der Waals surface area contributed by atoms with Gasteiger partial charge in [0, 0.05) is 11.8 Å². The van der Waals surface area contributed by atoms with Gasteiger partial charge >= 0.3 is 0 Å². The molecule has 0 aliphatic rings. The Bertz CT molecular complexity index is 806. The summed E-state index contributed by atoms with van der Waals surface area (Å²) in [6, 6.07) is 19.8. The van der Waals surface area contributed by atoms with Crippen LogP contribution in [0.5, 0.6) is 5.75 Å². The average Bonchev–Trinajstić information content (AvgIpc) is 3.13. The van der Waals surface area contributed by atoms with Gasteiger partial charge in [0.25, 0.3) is 5.91 Å². The maximum Gasteiger partial charge on any atom is 0.251 e. The number of phenolic OH excluding ortho intramolecular Hbond substituents is 1. The van der Waals surface area contributed by atoms with E-state index >= 15 is 0 Å². The highest BCUT2D eigenvalue weighted by atomic mass is 16.3. The van der Waals surface area contributed by atoms with Crippen molar-refractivity contribution >= 4 is 17.7 Å². The molecular formula is C20H17NO3. The number of anilines is 1. The fraction of sp³-hybridized carbons (Fsp3) is 0.0500. The lowest BCUT2D eigenvalue weighted by molar-refractivity contribution is -0.114. The molecule has 4 nitrogen and oxygen atoms in total. The highest BCUT2D eigenvalue weighted by Crippen LogP contribution is 2.21. The Morgan fingerprint density at radius 3 is 2.42 bits per heavy atom. The zero-order valence-electron chi connectivity index (χ0n) is 13.0. The Kier molecular flexibility index (Phi) is 4.77. The van der Waals surface area contributed by atoms with Crippen LogP contribution in [-0.2, 0) is 11.3 Å². The molecule has 0 radical (unpaired) electrons. The Labute approximate surface area is 140 Å². The Morgan fingerprint density at radius 1 is 1.00 bits per heavy atom. The summed E-state index contributed by atoms with van der Waals surface area (Å²) in [7, 11) is 0. The first kappa shape index (κ1) is 15.6. The molecule has 3 aromatic rings. The van der Waals surface area contributed by atoms with Gasteiger partial charge in [0.1, 0.15) is 11.5 Å². The summed E-state index contributed by atoms with van der Waals surface area (Å²) in [5.74, 6) is 0.675. The van der Waals surface area contributed by atoms with E-state index in [2.05, 4.69) is 0 Å². The van der Waals surface area contributed by atoms with Gasteiger partial charge in [0.05, 0.1) is 12.8 Å². The molecule has 0 atom stereocenters. The highest BCUT2D eigenvalue weighted by molar-refractivity contribution is 6.03. The van der Waals surface area contributed by atoms with E-state index in [1.807, 2.05) is 36.4 Å². The van der Waals surface area contributed by atoms with Crippen LogP contribution >= 0.6 is 0 Å². The average molecular weight is 319 g/mol. The molecule has 0 bridgehead atoms. The molecule has 1 heterocycles. The largest absolute Gasteiger partial charge is 0.508 e. The van der Waals surface area contributed by atoms with Gasteiger partial charge < -0.3 is 14.4 Å². The fourth-order valence-electron chi connectivity index (χ4n) is 2.31. The van der Waals surface area contributed by atoms with E-state index in [4.69, 9.17) is 4.42 Å². The number of aromatic hydroxyl groups is 1. The SMILES string of the molecule is O=C(/C=C/c1ccccc1)N(Cc1ccco1)c1ccc(O)cc1. The van der Waals surface area contributed by atoms with Crippen LogP contribution in [0.3, 0.4) is 0 Å². The van der Waals surface area contributed by atoms with Crippen LogP contribution in [-0.4, -0.2) is 11.0 Å². The smallest absolute Gasteiger partial charge is 0.251 e. The van der Waals surface area contributed by atoms with E-state index in [1.54, 1.807) is 47.6 Å². The van der Waals surface area contributed by atoms with Crippen LogP contribution in [0, 0.1) is 0 Å². The number of hydrogen-bond acceptors (Lipinski definition) is 3. The quantitative estimate of drug-likeness (QED) is 0.716. The van der Waals surface area contributed by atoms with Crippen LogP contribution in [0.4, 0.5) is 5.69 Å². The molecular weight excluding hydrogens is 302 g/mol. The molecule has 4 heteroatoms. The number of furan rings is 1. The van der Waals surface area contributed by atoms with Crippen molar-refractivity contribution in [2.75, 3.05) is 4.90 Å². The first-order valence-corrected chi connectivity index (χ1v) is 7.58. The van der Waals surface area contributed by atoms with Gasteiger partial charge in [-0.3, -0.25) is 4.79 Å².